The summed E-state index contributed by atoms with van der Waals surface area (Å²) in [6.07, 6.45) is 3.67. The molecule has 3 aromatic rings. The zero-order valence-electron chi connectivity index (χ0n) is 22.8. The molecule has 0 aromatic heterocycles. The van der Waals surface area contributed by atoms with Crippen LogP contribution in [0.1, 0.15) is 25.0 Å². The predicted molar refractivity (Wildman–Crippen MR) is 152 cm³/mol. The number of benzene rings is 3. The van der Waals surface area contributed by atoms with Crippen molar-refractivity contribution in [3.63, 3.8) is 0 Å². The van der Waals surface area contributed by atoms with E-state index in [0.29, 0.717) is 12.8 Å². The number of fused-ring (bicyclic) bond motifs is 1. The van der Waals surface area contributed by atoms with Gasteiger partial charge in [0.15, 0.2) is 0 Å². The van der Waals surface area contributed by atoms with Crippen LogP contribution in [0.4, 0.5) is 0 Å². The van der Waals surface area contributed by atoms with E-state index in [-0.39, 0.29) is 17.7 Å². The Labute approximate surface area is 225 Å². The third-order valence-corrected chi connectivity index (χ3v) is 6.63. The lowest BCUT2D eigenvalue weighted by Gasteiger charge is -2.34. The van der Waals surface area contributed by atoms with Gasteiger partial charge in [-0.2, -0.15) is 0 Å². The second kappa shape index (κ2) is 12.5. The van der Waals surface area contributed by atoms with Crippen molar-refractivity contribution < 1.29 is 14.4 Å². The molecule has 2 atom stereocenters. The first kappa shape index (κ1) is 28.6. The summed E-state index contributed by atoms with van der Waals surface area (Å²) in [6, 6.07) is 22.0. The number of amides is 3. The number of carbonyl (C=O) groups excluding carboxylic acids is 3. The maximum atomic E-state index is 14.0. The lowest BCUT2D eigenvalue weighted by Crippen LogP contribution is -2.55. The lowest BCUT2D eigenvalue weighted by molar-refractivity contribution is -0.146. The summed E-state index contributed by atoms with van der Waals surface area (Å²) in [4.78, 5) is 42.9. The zero-order valence-corrected chi connectivity index (χ0v) is 22.8. The molecule has 0 bridgehead atoms. The van der Waals surface area contributed by atoms with E-state index in [4.69, 9.17) is 5.73 Å². The second-order valence-corrected chi connectivity index (χ2v) is 10.3. The normalized spacial score (nSPS) is 13.2. The largest absolute Gasteiger partial charge is 0.357 e. The fourth-order valence-electron chi connectivity index (χ4n) is 4.33. The molecule has 3 N–H and O–H groups in total. The minimum Gasteiger partial charge on any atom is -0.357 e. The van der Waals surface area contributed by atoms with Gasteiger partial charge in [-0.05, 0) is 35.7 Å². The van der Waals surface area contributed by atoms with Crippen LogP contribution in [0.2, 0.25) is 0 Å². The van der Waals surface area contributed by atoms with E-state index in [1.165, 1.54) is 15.9 Å². The Morgan fingerprint density at radius 1 is 0.842 bits per heavy atom. The Bertz CT molecular complexity index is 1300. The Kier molecular flexibility index (Phi) is 9.42. The number of carbonyl (C=O) groups is 3. The molecule has 0 saturated carbocycles. The van der Waals surface area contributed by atoms with Gasteiger partial charge in [-0.1, -0.05) is 78.9 Å². The summed E-state index contributed by atoms with van der Waals surface area (Å²) in [6.45, 7) is 3.58. The first-order valence-electron chi connectivity index (χ1n) is 12.7. The highest BCUT2D eigenvalue weighted by atomic mass is 16.2. The summed E-state index contributed by atoms with van der Waals surface area (Å²) in [5, 5.41) is 4.83. The van der Waals surface area contributed by atoms with E-state index >= 15 is 0 Å². The Morgan fingerprint density at radius 2 is 1.45 bits per heavy atom. The maximum Gasteiger partial charge on any atom is 0.246 e. The number of rotatable bonds is 10. The molecular weight excluding hydrogens is 476 g/mol. The SMILES string of the molecule is CNC(=O)C(Cc1ccccc1)N(C)C(=O)[C@@H](Cc1ccc2ccccc2c1)N(C)C(=O)/C=C/C(C)(C)N. The molecule has 0 radical (unpaired) electrons. The van der Waals surface area contributed by atoms with E-state index in [1.54, 1.807) is 41.1 Å². The van der Waals surface area contributed by atoms with Crippen molar-refractivity contribution >= 4 is 28.5 Å². The van der Waals surface area contributed by atoms with Crippen LogP contribution in [0.3, 0.4) is 0 Å². The molecule has 7 nitrogen and oxygen atoms in total. The van der Waals surface area contributed by atoms with Crippen molar-refractivity contribution in [3.05, 3.63) is 96.1 Å². The first-order valence-corrected chi connectivity index (χ1v) is 12.7. The highest BCUT2D eigenvalue weighted by Gasteiger charge is 2.34. The van der Waals surface area contributed by atoms with Gasteiger partial charge < -0.3 is 20.9 Å². The molecule has 0 saturated heterocycles. The van der Waals surface area contributed by atoms with Crippen LogP contribution in [0, 0.1) is 0 Å². The summed E-state index contributed by atoms with van der Waals surface area (Å²) in [7, 11) is 4.79. The van der Waals surface area contributed by atoms with E-state index in [9.17, 15) is 14.4 Å². The summed E-state index contributed by atoms with van der Waals surface area (Å²) < 4.78 is 0. The zero-order chi connectivity index (χ0) is 27.9. The molecule has 200 valence electrons. The predicted octanol–water partition coefficient (Wildman–Crippen LogP) is 3.32. The summed E-state index contributed by atoms with van der Waals surface area (Å²) in [5.74, 6) is -0.928. The Hall–Kier alpha value is -3.97. The van der Waals surface area contributed by atoms with E-state index < -0.39 is 17.6 Å². The number of nitrogens with one attached hydrogen (secondary N) is 1. The van der Waals surface area contributed by atoms with Crippen molar-refractivity contribution in [3.8, 4) is 0 Å². The van der Waals surface area contributed by atoms with Crippen molar-refractivity contribution in [1.29, 1.82) is 0 Å². The van der Waals surface area contributed by atoms with Gasteiger partial charge in [0.1, 0.15) is 12.1 Å². The fraction of sp³-hybridized carbons (Fsp3) is 0.323. The molecule has 0 spiro atoms. The van der Waals surface area contributed by atoms with Crippen molar-refractivity contribution in [2.24, 2.45) is 5.73 Å². The molecule has 0 aliphatic carbocycles. The van der Waals surface area contributed by atoms with Gasteiger partial charge in [0.05, 0.1) is 0 Å². The minimum atomic E-state index is -0.831. The quantitative estimate of drug-likeness (QED) is 0.406. The maximum absolute atomic E-state index is 14.0. The molecule has 38 heavy (non-hydrogen) atoms. The number of nitrogens with two attached hydrogens (primary N) is 1. The smallest absolute Gasteiger partial charge is 0.246 e. The highest BCUT2D eigenvalue weighted by Crippen LogP contribution is 2.20. The number of likely N-dealkylation sites (N-methyl/N-ethyl adjacent to an activating group) is 3. The third-order valence-electron chi connectivity index (χ3n) is 6.63. The van der Waals surface area contributed by atoms with Crippen LogP contribution in [-0.2, 0) is 27.2 Å². The number of hydrogen-bond acceptors (Lipinski definition) is 4. The summed E-state index contributed by atoms with van der Waals surface area (Å²) >= 11 is 0. The van der Waals surface area contributed by atoms with Gasteiger partial charge >= 0.3 is 0 Å². The van der Waals surface area contributed by atoms with E-state index in [2.05, 4.69) is 5.32 Å². The van der Waals surface area contributed by atoms with Crippen LogP contribution in [0.25, 0.3) is 10.8 Å². The van der Waals surface area contributed by atoms with Crippen LogP contribution in [-0.4, -0.2) is 66.3 Å². The lowest BCUT2D eigenvalue weighted by atomic mass is 9.98. The van der Waals surface area contributed by atoms with Crippen LogP contribution < -0.4 is 11.1 Å². The average Bonchev–Trinajstić information content (AvgIpc) is 2.91. The molecule has 7 heteroatoms. The molecule has 3 aromatic carbocycles. The molecule has 1 unspecified atom stereocenters. The van der Waals surface area contributed by atoms with Crippen LogP contribution >= 0.6 is 0 Å². The minimum absolute atomic E-state index is 0.270. The standard InChI is InChI=1S/C31H38N4O3/c1-31(2,32)18-17-28(36)34(4)27(21-23-15-16-24-13-9-10-14-25(24)19-23)30(38)35(5)26(29(37)33-3)20-22-11-7-6-8-12-22/h6-19,26-27H,20-21,32H2,1-5H3,(H,33,37)/b18-17+/t26?,27-/m1/s1. The van der Waals surface area contributed by atoms with E-state index in [0.717, 1.165) is 21.9 Å². The average molecular weight is 515 g/mol. The molecular formula is C31H38N4O3. The molecule has 0 aliphatic heterocycles. The van der Waals surface area contributed by atoms with Crippen molar-refractivity contribution in [1.82, 2.24) is 15.1 Å². The number of nitrogens with zero attached hydrogens (tertiary/aromatic N) is 2. The van der Waals surface area contributed by atoms with Crippen LogP contribution in [0.5, 0.6) is 0 Å². The molecule has 3 amide bonds. The molecule has 0 heterocycles. The fourth-order valence-corrected chi connectivity index (χ4v) is 4.33. The monoisotopic (exact) mass is 514 g/mol. The Morgan fingerprint density at radius 3 is 2.08 bits per heavy atom. The van der Waals surface area contributed by atoms with Gasteiger partial charge in [-0.15, -0.1) is 0 Å². The van der Waals surface area contributed by atoms with Crippen molar-refractivity contribution in [2.75, 3.05) is 21.1 Å². The van der Waals surface area contributed by atoms with Gasteiger partial charge in [0.2, 0.25) is 17.7 Å². The van der Waals surface area contributed by atoms with Gasteiger partial charge in [0.25, 0.3) is 0 Å². The topological polar surface area (TPSA) is 95.7 Å². The molecule has 3 rings (SSSR count). The van der Waals surface area contributed by atoms with Gasteiger partial charge in [0, 0.05) is 45.6 Å². The first-order chi connectivity index (χ1) is 18.0. The Balaban J connectivity index is 1.95. The van der Waals surface area contributed by atoms with Crippen LogP contribution in [0.15, 0.2) is 84.9 Å². The van der Waals surface area contributed by atoms with Gasteiger partial charge in [-0.3, -0.25) is 14.4 Å². The molecule has 0 aliphatic rings. The second-order valence-electron chi connectivity index (χ2n) is 10.3. The van der Waals surface area contributed by atoms with Crippen molar-refractivity contribution in [2.45, 2.75) is 44.3 Å². The highest BCUT2D eigenvalue weighted by molar-refractivity contribution is 5.95. The molecule has 0 fully saturated rings. The van der Waals surface area contributed by atoms with E-state index in [1.807, 2.05) is 72.8 Å². The summed E-state index contributed by atoms with van der Waals surface area (Å²) in [5.41, 5.74) is 7.20. The van der Waals surface area contributed by atoms with Gasteiger partial charge in [-0.25, -0.2) is 0 Å². The number of hydrogen-bond donors (Lipinski definition) is 2. The third kappa shape index (κ3) is 7.52.